The quantitative estimate of drug-likeness (QED) is 0.742. The minimum Gasteiger partial charge on any atom is -0.368 e. The van der Waals surface area contributed by atoms with Crippen LogP contribution in [0.2, 0.25) is 0 Å². The van der Waals surface area contributed by atoms with Crippen molar-refractivity contribution in [3.05, 3.63) is 58.7 Å². The molecule has 0 aromatic carbocycles. The van der Waals surface area contributed by atoms with E-state index in [4.69, 9.17) is 9.72 Å². The summed E-state index contributed by atoms with van der Waals surface area (Å²) in [5.74, 6) is 0. The van der Waals surface area contributed by atoms with E-state index in [2.05, 4.69) is 39.2 Å². The second-order valence-corrected chi connectivity index (χ2v) is 6.66. The van der Waals surface area contributed by atoms with Crippen LogP contribution in [0.3, 0.4) is 0 Å². The Hall–Kier alpha value is -1.69. The number of imidazole rings is 1. The number of fused-ring (bicyclic) bond motifs is 1. The Morgan fingerprint density at radius 1 is 1.32 bits per heavy atom. The third kappa shape index (κ3) is 2.79. The molecule has 0 bridgehead atoms. The van der Waals surface area contributed by atoms with Crippen LogP contribution in [0.15, 0.2) is 47.4 Å². The molecular weight excluding hydrogens is 294 g/mol. The van der Waals surface area contributed by atoms with Crippen LogP contribution < -0.4 is 0 Å². The van der Waals surface area contributed by atoms with Gasteiger partial charge in [0.1, 0.15) is 5.65 Å². The van der Waals surface area contributed by atoms with Crippen molar-refractivity contribution in [2.24, 2.45) is 0 Å². The van der Waals surface area contributed by atoms with Gasteiger partial charge in [0.15, 0.2) is 0 Å². The molecule has 0 amide bonds. The van der Waals surface area contributed by atoms with Crippen molar-refractivity contribution >= 4 is 17.0 Å². The van der Waals surface area contributed by atoms with Crippen molar-refractivity contribution in [1.29, 1.82) is 0 Å². The van der Waals surface area contributed by atoms with Gasteiger partial charge in [-0.1, -0.05) is 6.07 Å². The molecule has 0 unspecified atom stereocenters. The average Bonchev–Trinajstić information content (AvgIpc) is 3.15. The molecule has 2 atom stereocenters. The van der Waals surface area contributed by atoms with Crippen molar-refractivity contribution in [2.45, 2.75) is 25.7 Å². The van der Waals surface area contributed by atoms with Crippen LogP contribution in [-0.2, 0) is 11.3 Å². The highest BCUT2D eigenvalue weighted by molar-refractivity contribution is 7.07. The van der Waals surface area contributed by atoms with E-state index in [0.717, 1.165) is 31.0 Å². The van der Waals surface area contributed by atoms with Gasteiger partial charge in [0, 0.05) is 32.0 Å². The SMILES string of the molecule is C[C@H]1CN(Cc2cn3ccccc3n2)C[C@H](c2ccsc2)O1. The van der Waals surface area contributed by atoms with Gasteiger partial charge in [0.05, 0.1) is 17.9 Å². The monoisotopic (exact) mass is 313 g/mol. The lowest BCUT2D eigenvalue weighted by molar-refractivity contribution is -0.0814. The maximum Gasteiger partial charge on any atom is 0.137 e. The molecule has 1 fully saturated rings. The second-order valence-electron chi connectivity index (χ2n) is 5.88. The van der Waals surface area contributed by atoms with E-state index in [1.54, 1.807) is 11.3 Å². The summed E-state index contributed by atoms with van der Waals surface area (Å²) >= 11 is 1.73. The zero-order chi connectivity index (χ0) is 14.9. The van der Waals surface area contributed by atoms with Crippen LogP contribution in [0.4, 0.5) is 0 Å². The normalized spacial score (nSPS) is 23.1. The largest absolute Gasteiger partial charge is 0.368 e. The molecule has 4 rings (SSSR count). The molecule has 1 aliphatic heterocycles. The molecule has 0 spiro atoms. The summed E-state index contributed by atoms with van der Waals surface area (Å²) < 4.78 is 8.18. The first-order valence-corrected chi connectivity index (χ1v) is 8.55. The summed E-state index contributed by atoms with van der Waals surface area (Å²) in [6.07, 6.45) is 4.58. The van der Waals surface area contributed by atoms with Gasteiger partial charge in [-0.25, -0.2) is 4.98 Å². The van der Waals surface area contributed by atoms with E-state index < -0.39 is 0 Å². The van der Waals surface area contributed by atoms with Crippen LogP contribution in [0.1, 0.15) is 24.3 Å². The van der Waals surface area contributed by atoms with Gasteiger partial charge < -0.3 is 9.14 Å². The Morgan fingerprint density at radius 2 is 2.27 bits per heavy atom. The average molecular weight is 313 g/mol. The van der Waals surface area contributed by atoms with E-state index in [9.17, 15) is 0 Å². The highest BCUT2D eigenvalue weighted by Gasteiger charge is 2.27. The summed E-state index contributed by atoms with van der Waals surface area (Å²) in [6, 6.07) is 8.26. The maximum atomic E-state index is 6.10. The van der Waals surface area contributed by atoms with Crippen molar-refractivity contribution in [3.8, 4) is 0 Å². The zero-order valence-corrected chi connectivity index (χ0v) is 13.4. The molecule has 0 radical (unpaired) electrons. The number of thiophene rings is 1. The standard InChI is InChI=1S/C17H19N3OS/c1-13-8-19(11-16(21-13)14-5-7-22-12-14)9-15-10-20-6-3-2-4-17(20)18-15/h2-7,10,12-13,16H,8-9,11H2,1H3/t13-,16+/m0/s1. The highest BCUT2D eigenvalue weighted by atomic mass is 32.1. The first-order chi connectivity index (χ1) is 10.8. The van der Waals surface area contributed by atoms with Crippen molar-refractivity contribution in [3.63, 3.8) is 0 Å². The molecule has 4 nitrogen and oxygen atoms in total. The summed E-state index contributed by atoms with van der Waals surface area (Å²) in [5.41, 5.74) is 3.41. The number of morpholine rings is 1. The maximum absolute atomic E-state index is 6.10. The summed E-state index contributed by atoms with van der Waals surface area (Å²) in [5, 5.41) is 4.30. The predicted octanol–water partition coefficient (Wildman–Crippen LogP) is 3.36. The number of rotatable bonds is 3. The molecule has 0 N–H and O–H groups in total. The second kappa shape index (κ2) is 5.83. The summed E-state index contributed by atoms with van der Waals surface area (Å²) in [4.78, 5) is 7.14. The lowest BCUT2D eigenvalue weighted by Crippen LogP contribution is -2.42. The third-order valence-electron chi connectivity index (χ3n) is 4.05. The molecule has 22 heavy (non-hydrogen) atoms. The molecule has 3 aromatic rings. The minimum absolute atomic E-state index is 0.173. The van der Waals surface area contributed by atoms with E-state index in [-0.39, 0.29) is 12.2 Å². The van der Waals surface area contributed by atoms with Crippen LogP contribution in [0, 0.1) is 0 Å². The fourth-order valence-electron chi connectivity index (χ4n) is 3.10. The van der Waals surface area contributed by atoms with Crippen LogP contribution in [0.25, 0.3) is 5.65 Å². The van der Waals surface area contributed by atoms with Gasteiger partial charge in [0.2, 0.25) is 0 Å². The number of aromatic nitrogens is 2. The van der Waals surface area contributed by atoms with Gasteiger partial charge in [-0.05, 0) is 41.4 Å². The number of nitrogens with zero attached hydrogens (tertiary/aromatic N) is 3. The van der Waals surface area contributed by atoms with Crippen molar-refractivity contribution < 1.29 is 4.74 Å². The van der Waals surface area contributed by atoms with E-state index >= 15 is 0 Å². The lowest BCUT2D eigenvalue weighted by Gasteiger charge is -2.36. The van der Waals surface area contributed by atoms with Gasteiger partial charge in [-0.15, -0.1) is 0 Å². The Labute approximate surface area is 134 Å². The summed E-state index contributed by atoms with van der Waals surface area (Å²) in [6.45, 7) is 4.90. The smallest absolute Gasteiger partial charge is 0.137 e. The van der Waals surface area contributed by atoms with Gasteiger partial charge >= 0.3 is 0 Å². The number of hydrogen-bond donors (Lipinski definition) is 0. The van der Waals surface area contributed by atoms with Crippen molar-refractivity contribution in [2.75, 3.05) is 13.1 Å². The van der Waals surface area contributed by atoms with Gasteiger partial charge in [0.25, 0.3) is 0 Å². The first-order valence-electron chi connectivity index (χ1n) is 7.60. The molecule has 5 heteroatoms. The zero-order valence-electron chi connectivity index (χ0n) is 12.6. The number of hydrogen-bond acceptors (Lipinski definition) is 4. The predicted molar refractivity (Wildman–Crippen MR) is 88.1 cm³/mol. The summed E-state index contributed by atoms with van der Waals surface area (Å²) in [7, 11) is 0. The molecule has 0 saturated carbocycles. The minimum atomic E-state index is 0.173. The molecule has 3 aromatic heterocycles. The number of pyridine rings is 1. The molecule has 0 aliphatic carbocycles. The molecule has 114 valence electrons. The lowest BCUT2D eigenvalue weighted by atomic mass is 10.1. The molecule has 1 saturated heterocycles. The Balaban J connectivity index is 1.51. The Kier molecular flexibility index (Phi) is 3.70. The fraction of sp³-hybridized carbons (Fsp3) is 0.353. The van der Waals surface area contributed by atoms with Gasteiger partial charge in [-0.2, -0.15) is 11.3 Å². The fourth-order valence-corrected chi connectivity index (χ4v) is 3.80. The van der Waals surface area contributed by atoms with E-state index in [1.165, 1.54) is 5.56 Å². The highest BCUT2D eigenvalue weighted by Crippen LogP contribution is 2.27. The number of ether oxygens (including phenoxy) is 1. The molecular formula is C17H19N3OS. The van der Waals surface area contributed by atoms with E-state index in [1.807, 2.05) is 24.4 Å². The third-order valence-corrected chi connectivity index (χ3v) is 4.75. The Morgan fingerprint density at radius 3 is 3.09 bits per heavy atom. The topological polar surface area (TPSA) is 29.8 Å². The van der Waals surface area contributed by atoms with Crippen LogP contribution in [-0.4, -0.2) is 33.5 Å². The molecule has 1 aliphatic rings. The van der Waals surface area contributed by atoms with Crippen LogP contribution in [0.5, 0.6) is 0 Å². The Bertz CT molecular complexity index is 719. The van der Waals surface area contributed by atoms with Gasteiger partial charge in [-0.3, -0.25) is 4.90 Å². The van der Waals surface area contributed by atoms with E-state index in [0.29, 0.717) is 0 Å². The first kappa shape index (κ1) is 13.9. The van der Waals surface area contributed by atoms with Crippen LogP contribution >= 0.6 is 11.3 Å². The molecule has 4 heterocycles. The van der Waals surface area contributed by atoms with Crippen molar-refractivity contribution in [1.82, 2.24) is 14.3 Å².